The van der Waals surface area contributed by atoms with Gasteiger partial charge in [0.2, 0.25) is 0 Å². The van der Waals surface area contributed by atoms with Crippen molar-refractivity contribution < 1.29 is 14.3 Å². The molecule has 0 unspecified atom stereocenters. The van der Waals surface area contributed by atoms with Gasteiger partial charge in [0, 0.05) is 11.8 Å². The van der Waals surface area contributed by atoms with E-state index in [0.717, 1.165) is 22.2 Å². The quantitative estimate of drug-likeness (QED) is 0.518. The molecule has 0 amide bonds. The zero-order valence-corrected chi connectivity index (χ0v) is 14.6. The molecule has 0 bridgehead atoms. The number of benzene rings is 2. The van der Waals surface area contributed by atoms with E-state index in [0.29, 0.717) is 24.7 Å². The van der Waals surface area contributed by atoms with Crippen LogP contribution in [0.25, 0.3) is 10.9 Å². The molecule has 0 aliphatic rings. The number of nitrogens with two attached hydrogens (primary N) is 1. The van der Waals surface area contributed by atoms with Crippen LogP contribution in [0.4, 0.5) is 5.82 Å². The van der Waals surface area contributed by atoms with Crippen LogP contribution in [0.1, 0.15) is 24.2 Å². The van der Waals surface area contributed by atoms with Gasteiger partial charge in [0.05, 0.1) is 12.1 Å². The van der Waals surface area contributed by atoms with Crippen molar-refractivity contribution in [2.24, 2.45) is 0 Å². The van der Waals surface area contributed by atoms with Gasteiger partial charge in [0.1, 0.15) is 11.6 Å². The standard InChI is InChI=1S/C20H21N3O3/c1-14-6-4-7-15(12-14)25-11-5-10-19(24)26-13-18-22-17-9-3-2-8-16(17)20(21)23-18/h2-4,6-9,12H,5,10-11,13H2,1H3,(H2,21,22,23). The van der Waals surface area contributed by atoms with Crippen LogP contribution in [0, 0.1) is 6.92 Å². The van der Waals surface area contributed by atoms with Crippen LogP contribution >= 0.6 is 0 Å². The van der Waals surface area contributed by atoms with Gasteiger partial charge in [-0.05, 0) is 43.2 Å². The topological polar surface area (TPSA) is 87.3 Å². The fourth-order valence-corrected chi connectivity index (χ4v) is 2.54. The molecular formula is C20H21N3O3. The van der Waals surface area contributed by atoms with Crippen LogP contribution in [-0.4, -0.2) is 22.5 Å². The third-order valence-corrected chi connectivity index (χ3v) is 3.82. The number of hydrogen-bond donors (Lipinski definition) is 1. The first kappa shape index (κ1) is 17.7. The van der Waals surface area contributed by atoms with Gasteiger partial charge in [0.25, 0.3) is 0 Å². The molecular weight excluding hydrogens is 330 g/mol. The van der Waals surface area contributed by atoms with Crippen LogP contribution in [0.2, 0.25) is 0 Å². The largest absolute Gasteiger partial charge is 0.494 e. The minimum absolute atomic E-state index is 0.00655. The Morgan fingerprint density at radius 2 is 1.96 bits per heavy atom. The number of anilines is 1. The molecule has 0 atom stereocenters. The SMILES string of the molecule is Cc1cccc(OCCCC(=O)OCc2nc(N)c3ccccc3n2)c1. The van der Waals surface area contributed by atoms with Gasteiger partial charge in [-0.25, -0.2) is 9.97 Å². The number of rotatable bonds is 7. The average Bonchev–Trinajstić information content (AvgIpc) is 2.64. The number of fused-ring (bicyclic) bond motifs is 1. The number of nitrogens with zero attached hydrogens (tertiary/aromatic N) is 2. The number of carbonyl (C=O) groups excluding carboxylic acids is 1. The molecule has 6 nitrogen and oxygen atoms in total. The number of esters is 1. The van der Waals surface area contributed by atoms with E-state index < -0.39 is 0 Å². The summed E-state index contributed by atoms with van der Waals surface area (Å²) in [7, 11) is 0. The summed E-state index contributed by atoms with van der Waals surface area (Å²) in [6, 6.07) is 15.3. The van der Waals surface area contributed by atoms with Crippen molar-refractivity contribution in [1.82, 2.24) is 9.97 Å². The minimum atomic E-state index is -0.312. The zero-order chi connectivity index (χ0) is 18.4. The Morgan fingerprint density at radius 1 is 1.12 bits per heavy atom. The molecule has 3 aromatic rings. The molecule has 0 fully saturated rings. The molecule has 6 heteroatoms. The highest BCUT2D eigenvalue weighted by Gasteiger charge is 2.08. The Morgan fingerprint density at radius 3 is 2.81 bits per heavy atom. The molecule has 0 saturated carbocycles. The predicted molar refractivity (Wildman–Crippen MR) is 99.7 cm³/mol. The molecule has 1 heterocycles. The van der Waals surface area contributed by atoms with Crippen molar-refractivity contribution >= 4 is 22.7 Å². The summed E-state index contributed by atoms with van der Waals surface area (Å²) >= 11 is 0. The first-order valence-electron chi connectivity index (χ1n) is 8.48. The van der Waals surface area contributed by atoms with Crippen molar-refractivity contribution in [3.05, 3.63) is 59.9 Å². The van der Waals surface area contributed by atoms with Gasteiger partial charge >= 0.3 is 5.97 Å². The lowest BCUT2D eigenvalue weighted by atomic mass is 10.2. The molecule has 2 N–H and O–H groups in total. The minimum Gasteiger partial charge on any atom is -0.494 e. The number of carbonyl (C=O) groups is 1. The predicted octanol–water partition coefficient (Wildman–Crippen LogP) is 3.42. The average molecular weight is 351 g/mol. The molecule has 2 aromatic carbocycles. The number of aryl methyl sites for hydroxylation is 1. The molecule has 0 spiro atoms. The maximum Gasteiger partial charge on any atom is 0.306 e. The van der Waals surface area contributed by atoms with Crippen molar-refractivity contribution in [2.75, 3.05) is 12.3 Å². The van der Waals surface area contributed by atoms with E-state index in [9.17, 15) is 4.79 Å². The first-order valence-corrected chi connectivity index (χ1v) is 8.48. The number of para-hydroxylation sites is 1. The molecule has 1 aromatic heterocycles. The summed E-state index contributed by atoms with van der Waals surface area (Å²) in [5.41, 5.74) is 7.79. The maximum atomic E-state index is 11.9. The molecule has 134 valence electrons. The van der Waals surface area contributed by atoms with E-state index in [1.54, 1.807) is 0 Å². The molecule has 26 heavy (non-hydrogen) atoms. The van der Waals surface area contributed by atoms with Gasteiger partial charge in [0.15, 0.2) is 12.4 Å². The smallest absolute Gasteiger partial charge is 0.306 e. The van der Waals surface area contributed by atoms with Gasteiger partial charge in [-0.2, -0.15) is 0 Å². The lowest BCUT2D eigenvalue weighted by Gasteiger charge is -2.08. The fraction of sp³-hybridized carbons (Fsp3) is 0.250. The highest BCUT2D eigenvalue weighted by Crippen LogP contribution is 2.17. The van der Waals surface area contributed by atoms with Crippen molar-refractivity contribution in [3.8, 4) is 5.75 Å². The third-order valence-electron chi connectivity index (χ3n) is 3.82. The Labute approximate surface area is 152 Å². The van der Waals surface area contributed by atoms with Gasteiger partial charge in [-0.15, -0.1) is 0 Å². The van der Waals surface area contributed by atoms with E-state index in [-0.39, 0.29) is 19.0 Å². The number of nitrogen functional groups attached to an aromatic ring is 1. The van der Waals surface area contributed by atoms with Crippen LogP contribution in [0.3, 0.4) is 0 Å². The second-order valence-electron chi connectivity index (χ2n) is 5.97. The first-order chi connectivity index (χ1) is 12.6. The molecule has 0 aliphatic carbocycles. The second kappa shape index (κ2) is 8.29. The van der Waals surface area contributed by atoms with E-state index in [4.69, 9.17) is 15.2 Å². The fourth-order valence-electron chi connectivity index (χ4n) is 2.54. The Kier molecular flexibility index (Phi) is 5.63. The monoisotopic (exact) mass is 351 g/mol. The summed E-state index contributed by atoms with van der Waals surface area (Å²) in [5, 5.41) is 0.788. The summed E-state index contributed by atoms with van der Waals surface area (Å²) in [5.74, 6) is 1.27. The van der Waals surface area contributed by atoms with Crippen molar-refractivity contribution in [3.63, 3.8) is 0 Å². The normalized spacial score (nSPS) is 10.7. The Balaban J connectivity index is 1.44. The Bertz CT molecular complexity index is 912. The van der Waals surface area contributed by atoms with E-state index in [1.807, 2.05) is 55.5 Å². The van der Waals surface area contributed by atoms with E-state index >= 15 is 0 Å². The summed E-state index contributed by atoms with van der Waals surface area (Å²) in [6.07, 6.45) is 0.850. The summed E-state index contributed by atoms with van der Waals surface area (Å²) < 4.78 is 10.8. The van der Waals surface area contributed by atoms with Crippen molar-refractivity contribution in [2.45, 2.75) is 26.4 Å². The molecule has 0 aliphatic heterocycles. The third kappa shape index (κ3) is 4.69. The van der Waals surface area contributed by atoms with E-state index in [2.05, 4.69) is 9.97 Å². The van der Waals surface area contributed by atoms with Crippen molar-refractivity contribution in [1.29, 1.82) is 0 Å². The van der Waals surface area contributed by atoms with E-state index in [1.165, 1.54) is 0 Å². The lowest BCUT2D eigenvalue weighted by molar-refractivity contribution is -0.145. The van der Waals surface area contributed by atoms with Crippen LogP contribution in [0.15, 0.2) is 48.5 Å². The van der Waals surface area contributed by atoms with Crippen LogP contribution in [-0.2, 0) is 16.1 Å². The Hall–Kier alpha value is -3.15. The number of aromatic nitrogens is 2. The van der Waals surface area contributed by atoms with Gasteiger partial charge in [-0.1, -0.05) is 24.3 Å². The van der Waals surface area contributed by atoms with Gasteiger partial charge in [-0.3, -0.25) is 4.79 Å². The molecule has 0 radical (unpaired) electrons. The summed E-state index contributed by atoms with van der Waals surface area (Å²) in [6.45, 7) is 2.47. The second-order valence-corrected chi connectivity index (χ2v) is 5.97. The number of ether oxygens (including phenoxy) is 2. The zero-order valence-electron chi connectivity index (χ0n) is 14.6. The highest BCUT2D eigenvalue weighted by atomic mass is 16.5. The summed E-state index contributed by atoms with van der Waals surface area (Å²) in [4.78, 5) is 20.4. The number of hydrogen-bond acceptors (Lipinski definition) is 6. The highest BCUT2D eigenvalue weighted by molar-refractivity contribution is 5.87. The molecule has 0 saturated heterocycles. The van der Waals surface area contributed by atoms with Crippen LogP contribution < -0.4 is 10.5 Å². The maximum absolute atomic E-state index is 11.9. The lowest BCUT2D eigenvalue weighted by Crippen LogP contribution is -2.09. The van der Waals surface area contributed by atoms with Crippen LogP contribution in [0.5, 0.6) is 5.75 Å². The van der Waals surface area contributed by atoms with Gasteiger partial charge < -0.3 is 15.2 Å². The molecule has 3 rings (SSSR count).